The third-order valence-corrected chi connectivity index (χ3v) is 2.67. The topological polar surface area (TPSA) is 12.9 Å². The highest BCUT2D eigenvalue weighted by Gasteiger charge is 2.02. The SMILES string of the molecule is Fc1cccc(-c2csc(S)n2)c1. The van der Waals surface area contributed by atoms with Crippen LogP contribution in [0.3, 0.4) is 0 Å². The Hall–Kier alpha value is -0.870. The summed E-state index contributed by atoms with van der Waals surface area (Å²) in [6, 6.07) is 6.37. The molecule has 2 aromatic rings. The molecule has 0 N–H and O–H groups in total. The van der Waals surface area contributed by atoms with Gasteiger partial charge in [0, 0.05) is 10.9 Å². The molecule has 0 aliphatic rings. The van der Waals surface area contributed by atoms with Crippen molar-refractivity contribution in [3.63, 3.8) is 0 Å². The summed E-state index contributed by atoms with van der Waals surface area (Å²) >= 11 is 5.53. The van der Waals surface area contributed by atoms with E-state index in [2.05, 4.69) is 17.6 Å². The van der Waals surface area contributed by atoms with Crippen LogP contribution in [-0.4, -0.2) is 4.98 Å². The number of thiol groups is 1. The second-order valence-electron chi connectivity index (χ2n) is 2.53. The Balaban J connectivity index is 2.46. The van der Waals surface area contributed by atoms with Gasteiger partial charge in [-0.3, -0.25) is 0 Å². The highest BCUT2D eigenvalue weighted by Crippen LogP contribution is 2.23. The molecule has 2 rings (SSSR count). The van der Waals surface area contributed by atoms with E-state index in [-0.39, 0.29) is 5.82 Å². The van der Waals surface area contributed by atoms with Crippen LogP contribution in [0.1, 0.15) is 0 Å². The maximum absolute atomic E-state index is 12.8. The fraction of sp³-hybridized carbons (Fsp3) is 0. The molecule has 4 heteroatoms. The van der Waals surface area contributed by atoms with Crippen molar-refractivity contribution in [1.29, 1.82) is 0 Å². The number of aromatic nitrogens is 1. The molecule has 0 unspecified atom stereocenters. The zero-order valence-electron chi connectivity index (χ0n) is 6.57. The largest absolute Gasteiger partial charge is 0.230 e. The molecular formula is C9H6FNS2. The summed E-state index contributed by atoms with van der Waals surface area (Å²) in [5, 5.41) is 1.86. The van der Waals surface area contributed by atoms with Gasteiger partial charge in [-0.2, -0.15) is 0 Å². The van der Waals surface area contributed by atoms with Gasteiger partial charge in [0.05, 0.1) is 5.69 Å². The van der Waals surface area contributed by atoms with E-state index in [9.17, 15) is 4.39 Å². The number of hydrogen-bond acceptors (Lipinski definition) is 3. The molecule has 0 amide bonds. The first-order valence-corrected chi connectivity index (χ1v) is 4.99. The van der Waals surface area contributed by atoms with Gasteiger partial charge in [-0.05, 0) is 12.1 Å². The van der Waals surface area contributed by atoms with Gasteiger partial charge in [0.2, 0.25) is 0 Å². The molecule has 13 heavy (non-hydrogen) atoms. The van der Waals surface area contributed by atoms with Gasteiger partial charge in [-0.25, -0.2) is 9.37 Å². The third-order valence-electron chi connectivity index (χ3n) is 1.61. The van der Waals surface area contributed by atoms with Gasteiger partial charge in [0.15, 0.2) is 0 Å². The number of hydrogen-bond donors (Lipinski definition) is 1. The zero-order chi connectivity index (χ0) is 9.26. The Morgan fingerprint density at radius 1 is 1.38 bits per heavy atom. The van der Waals surface area contributed by atoms with Crippen LogP contribution < -0.4 is 0 Å². The monoisotopic (exact) mass is 211 g/mol. The van der Waals surface area contributed by atoms with Crippen molar-refractivity contribution in [2.24, 2.45) is 0 Å². The molecular weight excluding hydrogens is 205 g/mol. The molecule has 0 saturated carbocycles. The van der Waals surface area contributed by atoms with Gasteiger partial charge in [0.1, 0.15) is 10.2 Å². The zero-order valence-corrected chi connectivity index (χ0v) is 8.28. The molecule has 1 nitrogen and oxygen atoms in total. The highest BCUT2D eigenvalue weighted by atomic mass is 32.2. The molecule has 0 aliphatic carbocycles. The van der Waals surface area contributed by atoms with Crippen LogP contribution in [0.4, 0.5) is 4.39 Å². The minimum absolute atomic E-state index is 0.244. The number of halogens is 1. The lowest BCUT2D eigenvalue weighted by Crippen LogP contribution is -1.78. The lowest BCUT2D eigenvalue weighted by atomic mass is 10.2. The molecule has 66 valence electrons. The van der Waals surface area contributed by atoms with Crippen LogP contribution >= 0.6 is 24.0 Å². The van der Waals surface area contributed by atoms with Crippen LogP contribution in [-0.2, 0) is 0 Å². The summed E-state index contributed by atoms with van der Waals surface area (Å²) in [6.07, 6.45) is 0. The molecule has 1 aromatic carbocycles. The number of rotatable bonds is 1. The Morgan fingerprint density at radius 3 is 2.85 bits per heavy atom. The van der Waals surface area contributed by atoms with E-state index in [0.29, 0.717) is 4.34 Å². The number of thiazole rings is 1. The van der Waals surface area contributed by atoms with E-state index < -0.39 is 0 Å². The molecule has 1 heterocycles. The standard InChI is InChI=1S/C9H6FNS2/c10-7-3-1-2-6(4-7)8-5-13-9(12)11-8/h1-5H,(H,11,12). The molecule has 0 spiro atoms. The highest BCUT2D eigenvalue weighted by molar-refractivity contribution is 7.82. The predicted octanol–water partition coefficient (Wildman–Crippen LogP) is 3.24. The van der Waals surface area contributed by atoms with Crippen molar-refractivity contribution in [1.82, 2.24) is 4.98 Å². The third kappa shape index (κ3) is 1.89. The first-order chi connectivity index (χ1) is 6.25. The van der Waals surface area contributed by atoms with Gasteiger partial charge in [0.25, 0.3) is 0 Å². The molecule has 0 saturated heterocycles. The summed E-state index contributed by atoms with van der Waals surface area (Å²) in [7, 11) is 0. The molecule has 0 atom stereocenters. The van der Waals surface area contributed by atoms with Gasteiger partial charge < -0.3 is 0 Å². The first-order valence-electron chi connectivity index (χ1n) is 3.66. The Morgan fingerprint density at radius 2 is 2.23 bits per heavy atom. The normalized spacial score (nSPS) is 10.3. The van der Waals surface area contributed by atoms with Crippen LogP contribution in [0, 0.1) is 5.82 Å². The van der Waals surface area contributed by atoms with Crippen molar-refractivity contribution in [2.75, 3.05) is 0 Å². The lowest BCUT2D eigenvalue weighted by molar-refractivity contribution is 0.628. The minimum atomic E-state index is -0.244. The van der Waals surface area contributed by atoms with E-state index >= 15 is 0 Å². The van der Waals surface area contributed by atoms with Crippen LogP contribution in [0.2, 0.25) is 0 Å². The molecule has 1 aromatic heterocycles. The van der Waals surface area contributed by atoms with Gasteiger partial charge >= 0.3 is 0 Å². The second-order valence-corrected chi connectivity index (χ2v) is 4.11. The maximum Gasteiger partial charge on any atom is 0.147 e. The minimum Gasteiger partial charge on any atom is -0.230 e. The quantitative estimate of drug-likeness (QED) is 0.714. The Labute approximate surface area is 84.7 Å². The molecule has 0 radical (unpaired) electrons. The predicted molar refractivity (Wildman–Crippen MR) is 54.8 cm³/mol. The van der Waals surface area contributed by atoms with E-state index in [4.69, 9.17) is 0 Å². The number of nitrogens with zero attached hydrogens (tertiary/aromatic N) is 1. The van der Waals surface area contributed by atoms with Crippen molar-refractivity contribution in [3.05, 3.63) is 35.5 Å². The fourth-order valence-electron chi connectivity index (χ4n) is 1.04. The van der Waals surface area contributed by atoms with Crippen molar-refractivity contribution in [2.45, 2.75) is 4.34 Å². The fourth-order valence-corrected chi connectivity index (χ4v) is 1.87. The van der Waals surface area contributed by atoms with Crippen LogP contribution in [0.25, 0.3) is 11.3 Å². The van der Waals surface area contributed by atoms with E-state index in [1.165, 1.54) is 23.5 Å². The molecule has 0 bridgehead atoms. The lowest BCUT2D eigenvalue weighted by Gasteiger charge is -1.94. The molecule has 0 aliphatic heterocycles. The summed E-state index contributed by atoms with van der Waals surface area (Å²) in [4.78, 5) is 4.14. The molecule has 0 fully saturated rings. The van der Waals surface area contributed by atoms with E-state index in [1.54, 1.807) is 6.07 Å². The summed E-state index contributed by atoms with van der Waals surface area (Å²) < 4.78 is 13.5. The van der Waals surface area contributed by atoms with Gasteiger partial charge in [-0.1, -0.05) is 12.1 Å². The van der Waals surface area contributed by atoms with E-state index in [1.807, 2.05) is 11.4 Å². The summed E-state index contributed by atoms with van der Waals surface area (Å²) in [6.45, 7) is 0. The van der Waals surface area contributed by atoms with Crippen molar-refractivity contribution in [3.8, 4) is 11.3 Å². The summed E-state index contributed by atoms with van der Waals surface area (Å²) in [5.41, 5.74) is 1.56. The second kappa shape index (κ2) is 3.47. The van der Waals surface area contributed by atoms with Crippen molar-refractivity contribution < 1.29 is 4.39 Å². The Bertz CT molecular complexity index is 425. The van der Waals surface area contributed by atoms with E-state index in [0.717, 1.165) is 11.3 Å². The smallest absolute Gasteiger partial charge is 0.147 e. The number of benzene rings is 1. The van der Waals surface area contributed by atoms with Gasteiger partial charge in [-0.15, -0.1) is 24.0 Å². The summed E-state index contributed by atoms with van der Waals surface area (Å²) in [5.74, 6) is -0.244. The average Bonchev–Trinajstić information content (AvgIpc) is 2.52. The van der Waals surface area contributed by atoms with Crippen LogP contribution in [0.5, 0.6) is 0 Å². The van der Waals surface area contributed by atoms with Crippen LogP contribution in [0.15, 0.2) is 34.0 Å². The first kappa shape index (κ1) is 8.72. The maximum atomic E-state index is 12.8. The Kier molecular flexibility index (Phi) is 2.33. The van der Waals surface area contributed by atoms with Crippen molar-refractivity contribution >= 4 is 24.0 Å². The average molecular weight is 211 g/mol.